The Morgan fingerprint density at radius 1 is 1.47 bits per heavy atom. The molecule has 0 aromatic carbocycles. The topological polar surface area (TPSA) is 59.8 Å². The molecular formula is C11H14N4OS. The Morgan fingerprint density at radius 3 is 2.76 bits per heavy atom. The predicted molar refractivity (Wildman–Crippen MR) is 67.2 cm³/mol. The van der Waals surface area contributed by atoms with Crippen molar-refractivity contribution in [3.8, 4) is 0 Å². The largest absolute Gasteiger partial charge is 0.300 e. The van der Waals surface area contributed by atoms with E-state index in [0.29, 0.717) is 5.13 Å². The third-order valence-electron chi connectivity index (χ3n) is 2.26. The van der Waals surface area contributed by atoms with Crippen LogP contribution in [0.4, 0.5) is 5.13 Å². The molecule has 5 nitrogen and oxygen atoms in total. The second-order valence-electron chi connectivity index (χ2n) is 3.91. The quantitative estimate of drug-likeness (QED) is 0.905. The number of thiazole rings is 1. The number of aromatic nitrogens is 3. The molecule has 0 aliphatic rings. The minimum atomic E-state index is -0.106. The average molecular weight is 250 g/mol. The number of nitrogens with zero attached hydrogens (tertiary/aromatic N) is 3. The highest BCUT2D eigenvalue weighted by Crippen LogP contribution is 2.16. The van der Waals surface area contributed by atoms with Crippen LogP contribution in [-0.2, 0) is 11.3 Å². The Morgan fingerprint density at radius 2 is 2.24 bits per heavy atom. The van der Waals surface area contributed by atoms with Crippen molar-refractivity contribution in [2.45, 2.75) is 27.3 Å². The van der Waals surface area contributed by atoms with Crippen LogP contribution in [0.15, 0.2) is 12.3 Å². The number of carbonyl (C=O) groups excluding carboxylic acids is 1. The van der Waals surface area contributed by atoms with Gasteiger partial charge < -0.3 is 5.32 Å². The van der Waals surface area contributed by atoms with E-state index in [4.69, 9.17) is 0 Å². The maximum atomic E-state index is 11.7. The summed E-state index contributed by atoms with van der Waals surface area (Å²) in [5.74, 6) is -0.106. The summed E-state index contributed by atoms with van der Waals surface area (Å²) in [5.41, 5.74) is 1.90. The number of nitrogens with one attached hydrogen (secondary N) is 1. The molecular weight excluding hydrogens is 236 g/mol. The lowest BCUT2D eigenvalue weighted by molar-refractivity contribution is -0.116. The first-order chi connectivity index (χ1) is 8.04. The van der Waals surface area contributed by atoms with Gasteiger partial charge in [-0.3, -0.25) is 9.48 Å². The van der Waals surface area contributed by atoms with Crippen LogP contribution < -0.4 is 5.32 Å². The maximum Gasteiger partial charge on any atom is 0.247 e. The Bertz CT molecular complexity index is 543. The van der Waals surface area contributed by atoms with Gasteiger partial charge in [0, 0.05) is 16.8 Å². The van der Waals surface area contributed by atoms with Crippen LogP contribution in [-0.4, -0.2) is 20.7 Å². The molecule has 2 aromatic heterocycles. The first-order valence-corrected chi connectivity index (χ1v) is 6.09. The van der Waals surface area contributed by atoms with Gasteiger partial charge in [0.25, 0.3) is 0 Å². The monoisotopic (exact) mass is 250 g/mol. The first kappa shape index (κ1) is 11.8. The Labute approximate surface area is 103 Å². The summed E-state index contributed by atoms with van der Waals surface area (Å²) >= 11 is 1.46. The van der Waals surface area contributed by atoms with Crippen molar-refractivity contribution in [2.24, 2.45) is 0 Å². The summed E-state index contributed by atoms with van der Waals surface area (Å²) in [6.07, 6.45) is 1.74. The zero-order valence-corrected chi connectivity index (χ0v) is 10.8. The van der Waals surface area contributed by atoms with Crippen molar-refractivity contribution < 1.29 is 4.79 Å². The van der Waals surface area contributed by atoms with E-state index >= 15 is 0 Å². The van der Waals surface area contributed by atoms with Gasteiger partial charge in [-0.05, 0) is 26.8 Å². The zero-order chi connectivity index (χ0) is 12.4. The van der Waals surface area contributed by atoms with Crippen LogP contribution >= 0.6 is 11.3 Å². The standard InChI is InChI=1S/C11H14N4OS/c1-7-4-8(2)15(14-7)6-10(16)13-11-12-5-9(3)17-11/h4-5H,6H2,1-3H3,(H,12,13,16). The second kappa shape index (κ2) is 4.67. The van der Waals surface area contributed by atoms with Gasteiger partial charge in [-0.1, -0.05) is 0 Å². The molecule has 0 aliphatic heterocycles. The predicted octanol–water partition coefficient (Wildman–Crippen LogP) is 1.90. The zero-order valence-electron chi connectivity index (χ0n) is 10.0. The van der Waals surface area contributed by atoms with Crippen LogP contribution in [0.5, 0.6) is 0 Å². The first-order valence-electron chi connectivity index (χ1n) is 5.28. The molecule has 0 radical (unpaired) electrons. The number of aryl methyl sites for hydroxylation is 3. The van der Waals surface area contributed by atoms with Crippen LogP contribution in [0, 0.1) is 20.8 Å². The number of anilines is 1. The van der Waals surface area contributed by atoms with Crippen LogP contribution in [0.2, 0.25) is 0 Å². The van der Waals surface area contributed by atoms with Gasteiger partial charge in [-0.15, -0.1) is 11.3 Å². The molecule has 0 fully saturated rings. The molecule has 2 heterocycles. The van der Waals surface area contributed by atoms with Gasteiger partial charge >= 0.3 is 0 Å². The van der Waals surface area contributed by atoms with E-state index in [9.17, 15) is 4.79 Å². The van der Waals surface area contributed by atoms with Crippen molar-refractivity contribution in [2.75, 3.05) is 5.32 Å². The van der Waals surface area contributed by atoms with Crippen molar-refractivity contribution >= 4 is 22.4 Å². The second-order valence-corrected chi connectivity index (χ2v) is 5.14. The fourth-order valence-corrected chi connectivity index (χ4v) is 2.22. The molecule has 6 heteroatoms. The van der Waals surface area contributed by atoms with Crippen LogP contribution in [0.25, 0.3) is 0 Å². The van der Waals surface area contributed by atoms with E-state index in [0.717, 1.165) is 16.3 Å². The van der Waals surface area contributed by atoms with Crippen molar-refractivity contribution in [1.29, 1.82) is 0 Å². The third kappa shape index (κ3) is 2.91. The van der Waals surface area contributed by atoms with Crippen molar-refractivity contribution in [3.05, 3.63) is 28.5 Å². The van der Waals surface area contributed by atoms with E-state index in [-0.39, 0.29) is 12.5 Å². The number of rotatable bonds is 3. The highest BCUT2D eigenvalue weighted by Gasteiger charge is 2.08. The molecule has 0 bridgehead atoms. The Kier molecular flexibility index (Phi) is 3.23. The molecule has 0 saturated carbocycles. The van der Waals surface area contributed by atoms with Crippen molar-refractivity contribution in [1.82, 2.24) is 14.8 Å². The molecule has 0 saturated heterocycles. The third-order valence-corrected chi connectivity index (χ3v) is 3.09. The normalized spacial score (nSPS) is 10.5. The number of hydrogen-bond acceptors (Lipinski definition) is 4. The molecule has 0 spiro atoms. The minimum absolute atomic E-state index is 0.106. The highest BCUT2D eigenvalue weighted by molar-refractivity contribution is 7.15. The molecule has 2 aromatic rings. The summed E-state index contributed by atoms with van der Waals surface area (Å²) in [7, 11) is 0. The molecule has 0 aliphatic carbocycles. The lowest BCUT2D eigenvalue weighted by atomic mass is 10.4. The Balaban J connectivity index is 2.00. The van der Waals surface area contributed by atoms with Gasteiger partial charge in [-0.2, -0.15) is 5.10 Å². The summed E-state index contributed by atoms with van der Waals surface area (Å²) in [5, 5.41) is 7.62. The smallest absolute Gasteiger partial charge is 0.247 e. The van der Waals surface area contributed by atoms with E-state index in [2.05, 4.69) is 15.4 Å². The van der Waals surface area contributed by atoms with Crippen molar-refractivity contribution in [3.63, 3.8) is 0 Å². The van der Waals surface area contributed by atoms with Gasteiger partial charge in [0.05, 0.1) is 5.69 Å². The molecule has 0 unspecified atom stereocenters. The molecule has 2 rings (SSSR count). The fourth-order valence-electron chi connectivity index (χ4n) is 1.54. The summed E-state index contributed by atoms with van der Waals surface area (Å²) in [6.45, 7) is 6.01. The summed E-state index contributed by atoms with van der Waals surface area (Å²) in [6, 6.07) is 1.95. The van der Waals surface area contributed by atoms with Gasteiger partial charge in [-0.25, -0.2) is 4.98 Å². The molecule has 17 heavy (non-hydrogen) atoms. The van der Waals surface area contributed by atoms with E-state index in [1.807, 2.05) is 26.8 Å². The minimum Gasteiger partial charge on any atom is -0.300 e. The van der Waals surface area contributed by atoms with E-state index in [1.165, 1.54) is 11.3 Å². The SMILES string of the molecule is Cc1cc(C)n(CC(=O)Nc2ncc(C)s2)n1. The van der Waals surface area contributed by atoms with Crippen LogP contribution in [0.1, 0.15) is 16.3 Å². The number of carbonyl (C=O) groups is 1. The lowest BCUT2D eigenvalue weighted by Gasteiger charge is -2.03. The van der Waals surface area contributed by atoms with Crippen LogP contribution in [0.3, 0.4) is 0 Å². The van der Waals surface area contributed by atoms with Gasteiger partial charge in [0.2, 0.25) is 5.91 Å². The molecule has 0 atom stereocenters. The number of amides is 1. The van der Waals surface area contributed by atoms with E-state index < -0.39 is 0 Å². The van der Waals surface area contributed by atoms with E-state index in [1.54, 1.807) is 10.9 Å². The maximum absolute atomic E-state index is 11.7. The fraction of sp³-hybridized carbons (Fsp3) is 0.364. The molecule has 1 N–H and O–H groups in total. The highest BCUT2D eigenvalue weighted by atomic mass is 32.1. The molecule has 1 amide bonds. The van der Waals surface area contributed by atoms with Gasteiger partial charge in [0.1, 0.15) is 6.54 Å². The lowest BCUT2D eigenvalue weighted by Crippen LogP contribution is -2.20. The molecule has 90 valence electrons. The number of hydrogen-bond donors (Lipinski definition) is 1. The average Bonchev–Trinajstić information content (AvgIpc) is 2.74. The summed E-state index contributed by atoms with van der Waals surface area (Å²) in [4.78, 5) is 16.9. The summed E-state index contributed by atoms with van der Waals surface area (Å²) < 4.78 is 1.69. The Hall–Kier alpha value is -1.69. The van der Waals surface area contributed by atoms with Gasteiger partial charge in [0.15, 0.2) is 5.13 Å².